The number of hydrogen-bond donors (Lipinski definition) is 1. The normalized spacial score (nSPS) is 11.2. The summed E-state index contributed by atoms with van der Waals surface area (Å²) in [5.74, 6) is 5.44. The van der Waals surface area contributed by atoms with Crippen molar-refractivity contribution in [2.45, 2.75) is 78.4 Å². The van der Waals surface area contributed by atoms with Crippen LogP contribution in [0.1, 0.15) is 91.4 Å². The van der Waals surface area contributed by atoms with E-state index in [1.165, 1.54) is 0 Å². The highest BCUT2D eigenvalue weighted by Gasteiger charge is 2.18. The standard InChI is InChI=1S/C28H34N4O3/c1-20-23-15-14-22(26(29)33)18-25(23)32(31-20)17-11-9-7-5-6-8-10-12-21-13-16-24(30-19-21)27(34)35-28(2,3)4/h13-16,18-19H,5-9,11,17H2,1-4H3,(H2,29,33). The van der Waals surface area contributed by atoms with Gasteiger partial charge in [-0.3, -0.25) is 9.48 Å². The van der Waals surface area contributed by atoms with Crippen LogP contribution in [0.2, 0.25) is 0 Å². The van der Waals surface area contributed by atoms with Crippen LogP contribution in [0.15, 0.2) is 36.5 Å². The molecule has 2 N–H and O–H groups in total. The molecule has 0 spiro atoms. The molecular formula is C28H34N4O3. The number of esters is 1. The SMILES string of the molecule is Cc1nn(CCCCCCCC#Cc2ccc(C(=O)OC(C)(C)C)nc2)c2cc(C(N)=O)ccc12. The molecule has 0 saturated carbocycles. The van der Waals surface area contributed by atoms with Crippen LogP contribution in [0.5, 0.6) is 0 Å². The molecule has 2 heterocycles. The summed E-state index contributed by atoms with van der Waals surface area (Å²) in [6.07, 6.45) is 7.87. The van der Waals surface area contributed by atoms with E-state index in [2.05, 4.69) is 21.9 Å². The number of ether oxygens (including phenoxy) is 1. The molecule has 7 nitrogen and oxygen atoms in total. The van der Waals surface area contributed by atoms with Crippen molar-refractivity contribution >= 4 is 22.8 Å². The number of carbonyl (C=O) groups is 2. The third-order valence-electron chi connectivity index (χ3n) is 5.50. The van der Waals surface area contributed by atoms with Crippen molar-refractivity contribution in [1.82, 2.24) is 14.8 Å². The Hall–Kier alpha value is -3.66. The summed E-state index contributed by atoms with van der Waals surface area (Å²) >= 11 is 0. The highest BCUT2D eigenvalue weighted by atomic mass is 16.6. The molecule has 35 heavy (non-hydrogen) atoms. The molecule has 1 aromatic carbocycles. The number of carbonyl (C=O) groups excluding carboxylic acids is 2. The Kier molecular flexibility index (Phi) is 8.64. The van der Waals surface area contributed by atoms with E-state index in [9.17, 15) is 9.59 Å². The van der Waals surface area contributed by atoms with Crippen LogP contribution in [0, 0.1) is 18.8 Å². The Morgan fingerprint density at radius 3 is 2.49 bits per heavy atom. The lowest BCUT2D eigenvalue weighted by Crippen LogP contribution is -2.24. The van der Waals surface area contributed by atoms with Gasteiger partial charge in [-0.15, -0.1) is 0 Å². The fourth-order valence-corrected chi connectivity index (χ4v) is 3.75. The minimum atomic E-state index is -0.542. The number of primary amides is 1. The zero-order valence-corrected chi connectivity index (χ0v) is 21.1. The molecule has 0 fully saturated rings. The first-order valence-corrected chi connectivity index (χ1v) is 12.1. The number of unbranched alkanes of at least 4 members (excludes halogenated alkanes) is 5. The van der Waals surface area contributed by atoms with E-state index < -0.39 is 17.5 Å². The predicted molar refractivity (Wildman–Crippen MR) is 137 cm³/mol. The maximum absolute atomic E-state index is 12.0. The summed E-state index contributed by atoms with van der Waals surface area (Å²) in [5, 5.41) is 5.68. The summed E-state index contributed by atoms with van der Waals surface area (Å²) in [6, 6.07) is 8.95. The molecule has 0 unspecified atom stereocenters. The average Bonchev–Trinajstić information content (AvgIpc) is 3.12. The average molecular weight is 475 g/mol. The van der Waals surface area contributed by atoms with E-state index in [0.29, 0.717) is 5.56 Å². The van der Waals surface area contributed by atoms with Gasteiger partial charge in [-0.1, -0.05) is 37.2 Å². The molecule has 0 atom stereocenters. The number of pyridine rings is 1. The molecule has 184 valence electrons. The molecule has 0 aliphatic rings. The number of hydrogen-bond acceptors (Lipinski definition) is 5. The smallest absolute Gasteiger partial charge is 0.357 e. The molecular weight excluding hydrogens is 440 g/mol. The van der Waals surface area contributed by atoms with Gasteiger partial charge < -0.3 is 10.5 Å². The van der Waals surface area contributed by atoms with Crippen molar-refractivity contribution < 1.29 is 14.3 Å². The third kappa shape index (κ3) is 7.68. The number of aryl methyl sites for hydroxylation is 2. The van der Waals surface area contributed by atoms with E-state index in [4.69, 9.17) is 10.5 Å². The summed E-state index contributed by atoms with van der Waals surface area (Å²) < 4.78 is 7.29. The molecule has 0 saturated heterocycles. The van der Waals surface area contributed by atoms with Crippen molar-refractivity contribution in [2.75, 3.05) is 0 Å². The number of nitrogens with two attached hydrogens (primary N) is 1. The molecule has 0 radical (unpaired) electrons. The second-order valence-electron chi connectivity index (χ2n) is 9.66. The number of amides is 1. The van der Waals surface area contributed by atoms with E-state index in [1.54, 1.807) is 24.4 Å². The molecule has 1 amide bonds. The van der Waals surface area contributed by atoms with Crippen LogP contribution in [0.25, 0.3) is 10.9 Å². The Labute approximate surface area is 207 Å². The minimum Gasteiger partial charge on any atom is -0.455 e. The second kappa shape index (κ2) is 11.7. The maximum Gasteiger partial charge on any atom is 0.357 e. The zero-order valence-electron chi connectivity index (χ0n) is 21.1. The summed E-state index contributed by atoms with van der Waals surface area (Å²) in [6.45, 7) is 8.28. The van der Waals surface area contributed by atoms with Gasteiger partial charge in [0.1, 0.15) is 11.3 Å². The van der Waals surface area contributed by atoms with Crippen molar-refractivity contribution in [1.29, 1.82) is 0 Å². The third-order valence-corrected chi connectivity index (χ3v) is 5.50. The monoisotopic (exact) mass is 474 g/mol. The largest absolute Gasteiger partial charge is 0.455 e. The molecule has 0 aliphatic carbocycles. The predicted octanol–water partition coefficient (Wildman–Crippen LogP) is 5.19. The first-order valence-electron chi connectivity index (χ1n) is 12.1. The highest BCUT2D eigenvalue weighted by Crippen LogP contribution is 2.20. The van der Waals surface area contributed by atoms with E-state index in [1.807, 2.05) is 44.5 Å². The van der Waals surface area contributed by atoms with Gasteiger partial charge in [-0.25, -0.2) is 9.78 Å². The quantitative estimate of drug-likeness (QED) is 0.261. The van der Waals surface area contributed by atoms with Crippen molar-refractivity contribution in [3.05, 3.63) is 59.0 Å². The minimum absolute atomic E-state index is 0.289. The lowest BCUT2D eigenvalue weighted by atomic mass is 10.1. The number of rotatable bonds is 9. The van der Waals surface area contributed by atoms with Crippen molar-refractivity contribution in [3.63, 3.8) is 0 Å². The van der Waals surface area contributed by atoms with Gasteiger partial charge in [0.15, 0.2) is 0 Å². The van der Waals surface area contributed by atoms with Gasteiger partial charge in [0.2, 0.25) is 5.91 Å². The van der Waals surface area contributed by atoms with Gasteiger partial charge in [0.05, 0.1) is 11.2 Å². The Morgan fingerprint density at radius 1 is 1.06 bits per heavy atom. The van der Waals surface area contributed by atoms with Crippen molar-refractivity contribution in [3.8, 4) is 11.8 Å². The fourth-order valence-electron chi connectivity index (χ4n) is 3.75. The molecule has 7 heteroatoms. The van der Waals surface area contributed by atoms with Gasteiger partial charge in [-0.2, -0.15) is 5.10 Å². The molecule has 0 aliphatic heterocycles. The van der Waals surface area contributed by atoms with E-state index in [0.717, 1.165) is 67.2 Å². The van der Waals surface area contributed by atoms with Crippen LogP contribution < -0.4 is 5.73 Å². The maximum atomic E-state index is 12.0. The van der Waals surface area contributed by atoms with Gasteiger partial charge in [0.25, 0.3) is 0 Å². The topological polar surface area (TPSA) is 100 Å². The Bertz CT molecular complexity index is 1240. The summed E-state index contributed by atoms with van der Waals surface area (Å²) in [4.78, 5) is 27.7. The Morgan fingerprint density at radius 2 is 1.80 bits per heavy atom. The van der Waals surface area contributed by atoms with E-state index >= 15 is 0 Å². The zero-order chi connectivity index (χ0) is 25.4. The number of benzene rings is 1. The van der Waals surface area contributed by atoms with Crippen LogP contribution in [0.3, 0.4) is 0 Å². The fraction of sp³-hybridized carbons (Fsp3) is 0.429. The highest BCUT2D eigenvalue weighted by molar-refractivity contribution is 5.97. The lowest BCUT2D eigenvalue weighted by Gasteiger charge is -2.18. The van der Waals surface area contributed by atoms with Crippen LogP contribution in [-0.4, -0.2) is 32.2 Å². The first kappa shape index (κ1) is 26.0. The summed E-state index contributed by atoms with van der Waals surface area (Å²) in [7, 11) is 0. The number of fused-ring (bicyclic) bond motifs is 1. The Balaban J connectivity index is 1.36. The van der Waals surface area contributed by atoms with Crippen LogP contribution >= 0.6 is 0 Å². The van der Waals surface area contributed by atoms with Crippen LogP contribution in [-0.2, 0) is 11.3 Å². The van der Waals surface area contributed by atoms with E-state index in [-0.39, 0.29) is 5.69 Å². The number of aromatic nitrogens is 3. The molecule has 3 rings (SSSR count). The van der Waals surface area contributed by atoms with Gasteiger partial charge in [0, 0.05) is 35.7 Å². The lowest BCUT2D eigenvalue weighted by molar-refractivity contribution is 0.00627. The van der Waals surface area contributed by atoms with Gasteiger partial charge >= 0.3 is 5.97 Å². The van der Waals surface area contributed by atoms with Gasteiger partial charge in [-0.05, 0) is 64.8 Å². The molecule has 2 aromatic heterocycles. The molecule has 0 bridgehead atoms. The summed E-state index contributed by atoms with van der Waals surface area (Å²) in [5.41, 5.74) is 8.39. The number of nitrogens with zero attached hydrogens (tertiary/aromatic N) is 3. The first-order chi connectivity index (χ1) is 16.6. The van der Waals surface area contributed by atoms with Crippen LogP contribution in [0.4, 0.5) is 0 Å². The second-order valence-corrected chi connectivity index (χ2v) is 9.66. The van der Waals surface area contributed by atoms with Crippen molar-refractivity contribution in [2.24, 2.45) is 5.73 Å². The molecule has 3 aromatic rings.